The Morgan fingerprint density at radius 2 is 2.00 bits per heavy atom. The molecule has 1 aliphatic heterocycles. The van der Waals surface area contributed by atoms with Crippen LogP contribution >= 0.6 is 12.4 Å². The van der Waals surface area contributed by atoms with Crippen LogP contribution in [0, 0.1) is 6.92 Å². The van der Waals surface area contributed by atoms with E-state index in [1.807, 2.05) is 38.1 Å². The highest BCUT2D eigenvalue weighted by molar-refractivity contribution is 5.89. The molecule has 1 aliphatic rings. The second-order valence-electron chi connectivity index (χ2n) is 5.45. The second kappa shape index (κ2) is 8.28. The Balaban J connectivity index is 0.00000200. The lowest BCUT2D eigenvalue weighted by molar-refractivity contribution is 0.0236. The Hall–Kier alpha value is -1.06. The van der Waals surface area contributed by atoms with E-state index >= 15 is 0 Å². The lowest BCUT2D eigenvalue weighted by Crippen LogP contribution is -2.37. The van der Waals surface area contributed by atoms with E-state index in [0.29, 0.717) is 5.56 Å². The lowest BCUT2D eigenvalue weighted by atomic mass is 10.1. The maximum Gasteiger partial charge on any atom is 0.338 e. The zero-order chi connectivity index (χ0) is 13.7. The van der Waals surface area contributed by atoms with Crippen LogP contribution in [0.4, 0.5) is 0 Å². The topological polar surface area (TPSA) is 29.5 Å². The SMILES string of the molecule is Cc1cccc(C(=O)OC(C)CN2CCCCC2)c1.Cl. The van der Waals surface area contributed by atoms with Crippen LogP contribution in [0.5, 0.6) is 0 Å². The van der Waals surface area contributed by atoms with E-state index in [0.717, 1.165) is 25.2 Å². The fourth-order valence-corrected chi connectivity index (χ4v) is 2.57. The summed E-state index contributed by atoms with van der Waals surface area (Å²) in [4.78, 5) is 14.4. The van der Waals surface area contributed by atoms with Crippen molar-refractivity contribution in [2.75, 3.05) is 19.6 Å². The number of esters is 1. The third-order valence-corrected chi connectivity index (χ3v) is 3.53. The van der Waals surface area contributed by atoms with Gasteiger partial charge in [0.05, 0.1) is 5.56 Å². The van der Waals surface area contributed by atoms with Crippen molar-refractivity contribution in [3.8, 4) is 0 Å². The fourth-order valence-electron chi connectivity index (χ4n) is 2.57. The average molecular weight is 298 g/mol. The molecule has 4 heteroatoms. The Bertz CT molecular complexity index is 430. The van der Waals surface area contributed by atoms with Crippen molar-refractivity contribution in [1.82, 2.24) is 4.90 Å². The molecule has 3 nitrogen and oxygen atoms in total. The minimum atomic E-state index is -0.215. The normalized spacial score (nSPS) is 17.1. The van der Waals surface area contributed by atoms with Crippen LogP contribution in [0.3, 0.4) is 0 Å². The minimum Gasteiger partial charge on any atom is -0.458 e. The average Bonchev–Trinajstić information content (AvgIpc) is 2.39. The molecule has 1 aromatic carbocycles. The summed E-state index contributed by atoms with van der Waals surface area (Å²) in [6.45, 7) is 7.06. The quantitative estimate of drug-likeness (QED) is 0.797. The molecule has 0 N–H and O–H groups in total. The molecule has 0 aromatic heterocycles. The van der Waals surface area contributed by atoms with Gasteiger partial charge in [-0.05, 0) is 51.9 Å². The van der Waals surface area contributed by atoms with Crippen molar-refractivity contribution in [3.05, 3.63) is 35.4 Å². The highest BCUT2D eigenvalue weighted by Gasteiger charge is 2.17. The van der Waals surface area contributed by atoms with Gasteiger partial charge in [-0.25, -0.2) is 4.79 Å². The number of carbonyl (C=O) groups is 1. The number of piperidine rings is 1. The number of ether oxygens (including phenoxy) is 1. The Morgan fingerprint density at radius 3 is 2.65 bits per heavy atom. The molecular weight excluding hydrogens is 274 g/mol. The summed E-state index contributed by atoms with van der Waals surface area (Å²) in [6, 6.07) is 7.55. The third kappa shape index (κ3) is 5.14. The van der Waals surface area contributed by atoms with E-state index in [2.05, 4.69) is 4.90 Å². The van der Waals surface area contributed by atoms with E-state index in [4.69, 9.17) is 4.74 Å². The molecule has 1 heterocycles. The van der Waals surface area contributed by atoms with Gasteiger partial charge in [0, 0.05) is 6.54 Å². The van der Waals surface area contributed by atoms with Gasteiger partial charge in [-0.1, -0.05) is 24.1 Å². The largest absolute Gasteiger partial charge is 0.458 e. The molecule has 1 fully saturated rings. The third-order valence-electron chi connectivity index (χ3n) is 3.53. The first-order valence-electron chi connectivity index (χ1n) is 7.15. The Labute approximate surface area is 127 Å². The molecule has 2 rings (SSSR count). The molecular formula is C16H24ClNO2. The number of carbonyl (C=O) groups excluding carboxylic acids is 1. The zero-order valence-electron chi connectivity index (χ0n) is 12.3. The van der Waals surface area contributed by atoms with Gasteiger partial charge in [-0.3, -0.25) is 4.90 Å². The molecule has 0 spiro atoms. The highest BCUT2D eigenvalue weighted by Crippen LogP contribution is 2.11. The van der Waals surface area contributed by atoms with Gasteiger partial charge in [0.2, 0.25) is 0 Å². The van der Waals surface area contributed by atoms with Gasteiger partial charge in [-0.2, -0.15) is 0 Å². The number of benzene rings is 1. The van der Waals surface area contributed by atoms with E-state index in [1.54, 1.807) is 0 Å². The molecule has 1 saturated heterocycles. The van der Waals surface area contributed by atoms with E-state index in [9.17, 15) is 4.79 Å². The molecule has 20 heavy (non-hydrogen) atoms. The summed E-state index contributed by atoms with van der Waals surface area (Å²) < 4.78 is 5.51. The molecule has 0 bridgehead atoms. The first-order valence-corrected chi connectivity index (χ1v) is 7.15. The minimum absolute atomic E-state index is 0. The van der Waals surface area contributed by atoms with Crippen molar-refractivity contribution in [3.63, 3.8) is 0 Å². The number of rotatable bonds is 4. The smallest absolute Gasteiger partial charge is 0.338 e. The number of nitrogens with zero attached hydrogens (tertiary/aromatic N) is 1. The van der Waals surface area contributed by atoms with E-state index in [-0.39, 0.29) is 24.5 Å². The second-order valence-corrected chi connectivity index (χ2v) is 5.45. The molecule has 0 amide bonds. The van der Waals surface area contributed by atoms with Crippen molar-refractivity contribution in [1.29, 1.82) is 0 Å². The predicted molar refractivity (Wildman–Crippen MR) is 83.6 cm³/mol. The summed E-state index contributed by atoms with van der Waals surface area (Å²) in [5, 5.41) is 0. The first kappa shape index (κ1) is 17.0. The van der Waals surface area contributed by atoms with E-state index < -0.39 is 0 Å². The van der Waals surface area contributed by atoms with Gasteiger partial charge >= 0.3 is 5.97 Å². The van der Waals surface area contributed by atoms with Crippen molar-refractivity contribution in [2.24, 2.45) is 0 Å². The molecule has 0 saturated carbocycles. The number of likely N-dealkylation sites (tertiary alicyclic amines) is 1. The lowest BCUT2D eigenvalue weighted by Gasteiger charge is -2.28. The predicted octanol–water partition coefficient (Wildman–Crippen LogP) is 3.45. The first-order chi connectivity index (χ1) is 9.15. The summed E-state index contributed by atoms with van der Waals surface area (Å²) >= 11 is 0. The maximum atomic E-state index is 12.0. The van der Waals surface area contributed by atoms with Crippen LogP contribution in [-0.2, 0) is 4.74 Å². The monoisotopic (exact) mass is 297 g/mol. The van der Waals surface area contributed by atoms with Crippen molar-refractivity contribution >= 4 is 18.4 Å². The zero-order valence-corrected chi connectivity index (χ0v) is 13.1. The number of aryl methyl sites for hydroxylation is 1. The number of halogens is 1. The molecule has 112 valence electrons. The van der Waals surface area contributed by atoms with Crippen LogP contribution in [-0.4, -0.2) is 36.6 Å². The molecule has 1 aromatic rings. The van der Waals surface area contributed by atoms with Crippen LogP contribution in [0.1, 0.15) is 42.1 Å². The van der Waals surface area contributed by atoms with Gasteiger partial charge < -0.3 is 4.74 Å². The van der Waals surface area contributed by atoms with Crippen LogP contribution in [0.2, 0.25) is 0 Å². The maximum absolute atomic E-state index is 12.0. The van der Waals surface area contributed by atoms with Gasteiger partial charge in [0.1, 0.15) is 6.10 Å². The van der Waals surface area contributed by atoms with Crippen molar-refractivity contribution < 1.29 is 9.53 Å². The molecule has 1 atom stereocenters. The van der Waals surface area contributed by atoms with Crippen molar-refractivity contribution in [2.45, 2.75) is 39.2 Å². The molecule has 1 unspecified atom stereocenters. The molecule has 0 radical (unpaired) electrons. The van der Waals surface area contributed by atoms with Crippen LogP contribution in [0.15, 0.2) is 24.3 Å². The molecule has 0 aliphatic carbocycles. The van der Waals surface area contributed by atoms with E-state index in [1.165, 1.54) is 19.3 Å². The Kier molecular flexibility index (Phi) is 7.03. The highest BCUT2D eigenvalue weighted by atomic mass is 35.5. The van der Waals surface area contributed by atoms with Gasteiger partial charge in [-0.15, -0.1) is 12.4 Å². The standard InChI is InChI=1S/C16H23NO2.ClH/c1-13-7-6-8-15(11-13)16(18)19-14(2)12-17-9-4-3-5-10-17;/h6-8,11,14H,3-5,9-10,12H2,1-2H3;1H. The summed E-state index contributed by atoms with van der Waals surface area (Å²) in [5.74, 6) is -0.215. The summed E-state index contributed by atoms with van der Waals surface area (Å²) in [6.07, 6.45) is 3.80. The van der Waals surface area contributed by atoms with Gasteiger partial charge in [0.15, 0.2) is 0 Å². The summed E-state index contributed by atoms with van der Waals surface area (Å²) in [7, 11) is 0. The number of hydrogen-bond acceptors (Lipinski definition) is 3. The fraction of sp³-hybridized carbons (Fsp3) is 0.562. The summed E-state index contributed by atoms with van der Waals surface area (Å²) in [5.41, 5.74) is 1.73. The van der Waals surface area contributed by atoms with Crippen LogP contribution < -0.4 is 0 Å². The number of hydrogen-bond donors (Lipinski definition) is 0. The Morgan fingerprint density at radius 1 is 1.30 bits per heavy atom. The van der Waals surface area contributed by atoms with Gasteiger partial charge in [0.25, 0.3) is 0 Å². The van der Waals surface area contributed by atoms with Crippen LogP contribution in [0.25, 0.3) is 0 Å².